The molecule has 0 radical (unpaired) electrons. The van der Waals surface area contributed by atoms with Gasteiger partial charge >= 0.3 is 0 Å². The van der Waals surface area contributed by atoms with Crippen molar-refractivity contribution in [3.8, 4) is 0 Å². The van der Waals surface area contributed by atoms with E-state index in [2.05, 4.69) is 13.2 Å². The van der Waals surface area contributed by atoms with E-state index in [-0.39, 0.29) is 0 Å². The van der Waals surface area contributed by atoms with Crippen molar-refractivity contribution in [2.75, 3.05) is 0 Å². The molecule has 11 heavy (non-hydrogen) atoms. The average Bonchev–Trinajstić information content (AvgIpc) is 2.04. The molecule has 0 N–H and O–H groups in total. The maximum absolute atomic E-state index is 12.0. The highest BCUT2D eigenvalue weighted by molar-refractivity contribution is 5.07. The van der Waals surface area contributed by atoms with Crippen LogP contribution in [-0.4, -0.2) is 0 Å². The predicted molar refractivity (Wildman–Crippen MR) is 37.6 cm³/mol. The van der Waals surface area contributed by atoms with Crippen molar-refractivity contribution < 1.29 is 13.2 Å². The van der Waals surface area contributed by atoms with Gasteiger partial charge in [0.25, 0.3) is 0 Å². The van der Waals surface area contributed by atoms with Crippen molar-refractivity contribution in [1.82, 2.24) is 0 Å². The summed E-state index contributed by atoms with van der Waals surface area (Å²) in [5.41, 5.74) is 0. The van der Waals surface area contributed by atoms with E-state index in [1.807, 2.05) is 0 Å². The first-order valence-corrected chi connectivity index (χ1v) is 2.81. The Labute approximate surface area is 63.0 Å². The zero-order valence-corrected chi connectivity index (χ0v) is 5.78. The molecule has 1 aromatic carbocycles. The summed E-state index contributed by atoms with van der Waals surface area (Å²) in [7, 11) is 0. The highest BCUT2D eigenvalue weighted by Crippen LogP contribution is 2.07. The Kier molecular flexibility index (Phi) is 4.03. The molecule has 0 saturated heterocycles. The number of hydrogen-bond donors (Lipinski definition) is 0. The highest BCUT2D eigenvalue weighted by Gasteiger charge is 2.04. The van der Waals surface area contributed by atoms with Crippen LogP contribution in [0.4, 0.5) is 13.2 Å². The Morgan fingerprint density at radius 1 is 0.909 bits per heavy atom. The standard InChI is InChI=1S/C6H3F3.C2H4/c7-4-2-1-3-5(8)6(4)9;1-2/h1-3H;1-2H2. The topological polar surface area (TPSA) is 0 Å². The molecular formula is C8H7F3. The number of benzene rings is 1. The lowest BCUT2D eigenvalue weighted by Crippen LogP contribution is -1.86. The van der Waals surface area contributed by atoms with E-state index in [0.29, 0.717) is 0 Å². The molecule has 1 rings (SSSR count). The molecule has 0 aliphatic heterocycles. The summed E-state index contributed by atoms with van der Waals surface area (Å²) in [6.45, 7) is 6.00. The molecule has 0 nitrogen and oxygen atoms in total. The van der Waals surface area contributed by atoms with Crippen LogP contribution in [0.5, 0.6) is 0 Å². The quantitative estimate of drug-likeness (QED) is 0.404. The zero-order valence-electron chi connectivity index (χ0n) is 5.78. The van der Waals surface area contributed by atoms with Gasteiger partial charge in [0.1, 0.15) is 0 Å². The van der Waals surface area contributed by atoms with Crippen LogP contribution >= 0.6 is 0 Å². The molecule has 3 heteroatoms. The summed E-state index contributed by atoms with van der Waals surface area (Å²) in [6.07, 6.45) is 0. The molecule has 0 heterocycles. The van der Waals surface area contributed by atoms with Gasteiger partial charge in [0.2, 0.25) is 0 Å². The summed E-state index contributed by atoms with van der Waals surface area (Å²) in [6, 6.07) is 2.82. The molecular weight excluding hydrogens is 153 g/mol. The largest absolute Gasteiger partial charge is 0.204 e. The van der Waals surface area contributed by atoms with E-state index in [0.717, 1.165) is 18.2 Å². The van der Waals surface area contributed by atoms with Crippen LogP contribution in [0.3, 0.4) is 0 Å². The van der Waals surface area contributed by atoms with Crippen LogP contribution in [0.15, 0.2) is 31.4 Å². The molecule has 1 aromatic rings. The van der Waals surface area contributed by atoms with Crippen LogP contribution in [0.1, 0.15) is 0 Å². The minimum atomic E-state index is -1.42. The van der Waals surface area contributed by atoms with Gasteiger partial charge in [-0.25, -0.2) is 13.2 Å². The van der Waals surface area contributed by atoms with Gasteiger partial charge in [0, 0.05) is 0 Å². The highest BCUT2D eigenvalue weighted by atomic mass is 19.2. The Morgan fingerprint density at radius 2 is 1.27 bits per heavy atom. The zero-order chi connectivity index (χ0) is 8.85. The van der Waals surface area contributed by atoms with E-state index in [1.165, 1.54) is 0 Å². The van der Waals surface area contributed by atoms with E-state index in [4.69, 9.17) is 0 Å². The number of halogens is 3. The summed E-state index contributed by atoms with van der Waals surface area (Å²) in [5.74, 6) is -3.73. The van der Waals surface area contributed by atoms with E-state index in [1.54, 1.807) is 0 Å². The number of rotatable bonds is 0. The van der Waals surface area contributed by atoms with Crippen molar-refractivity contribution in [3.05, 3.63) is 48.8 Å². The summed E-state index contributed by atoms with van der Waals surface area (Å²) in [4.78, 5) is 0. The van der Waals surface area contributed by atoms with Crippen molar-refractivity contribution >= 4 is 0 Å². The van der Waals surface area contributed by atoms with Crippen molar-refractivity contribution in [3.63, 3.8) is 0 Å². The first-order chi connectivity index (χ1) is 5.22. The Bertz CT molecular complexity index is 213. The average molecular weight is 160 g/mol. The third-order valence-corrected chi connectivity index (χ3v) is 0.904. The molecule has 0 aliphatic rings. The fraction of sp³-hybridized carbons (Fsp3) is 0. The van der Waals surface area contributed by atoms with Gasteiger partial charge < -0.3 is 0 Å². The predicted octanol–water partition coefficient (Wildman–Crippen LogP) is 2.91. The molecule has 0 fully saturated rings. The molecule has 0 bridgehead atoms. The maximum atomic E-state index is 12.0. The van der Waals surface area contributed by atoms with Gasteiger partial charge in [0.15, 0.2) is 17.5 Å². The molecule has 0 amide bonds. The molecule has 0 saturated carbocycles. The van der Waals surface area contributed by atoms with E-state index >= 15 is 0 Å². The van der Waals surface area contributed by atoms with Crippen LogP contribution in [0.2, 0.25) is 0 Å². The Hall–Kier alpha value is -1.25. The molecule has 0 unspecified atom stereocenters. The van der Waals surface area contributed by atoms with Gasteiger partial charge in [-0.3, -0.25) is 0 Å². The summed E-state index contributed by atoms with van der Waals surface area (Å²) in [5, 5.41) is 0. The lowest BCUT2D eigenvalue weighted by Gasteiger charge is -1.90. The third kappa shape index (κ3) is 2.45. The lowest BCUT2D eigenvalue weighted by molar-refractivity contribution is 0.447. The fourth-order valence-electron chi connectivity index (χ4n) is 0.477. The lowest BCUT2D eigenvalue weighted by atomic mass is 10.3. The smallest absolute Gasteiger partial charge is 0.194 e. The second kappa shape index (κ2) is 4.55. The Morgan fingerprint density at radius 3 is 1.55 bits per heavy atom. The first-order valence-electron chi connectivity index (χ1n) is 2.81. The maximum Gasteiger partial charge on any atom is 0.194 e. The fourth-order valence-corrected chi connectivity index (χ4v) is 0.477. The van der Waals surface area contributed by atoms with Crippen LogP contribution in [0.25, 0.3) is 0 Å². The van der Waals surface area contributed by atoms with Gasteiger partial charge in [-0.05, 0) is 12.1 Å². The van der Waals surface area contributed by atoms with Gasteiger partial charge in [-0.1, -0.05) is 6.07 Å². The van der Waals surface area contributed by atoms with Gasteiger partial charge in [-0.15, -0.1) is 13.2 Å². The monoisotopic (exact) mass is 160 g/mol. The van der Waals surface area contributed by atoms with Crippen molar-refractivity contribution in [2.24, 2.45) is 0 Å². The minimum absolute atomic E-state index is 0.860. The van der Waals surface area contributed by atoms with Gasteiger partial charge in [0.05, 0.1) is 0 Å². The van der Waals surface area contributed by atoms with Crippen LogP contribution in [0, 0.1) is 17.5 Å². The van der Waals surface area contributed by atoms with E-state index < -0.39 is 17.5 Å². The molecule has 0 spiro atoms. The summed E-state index contributed by atoms with van der Waals surface area (Å²) >= 11 is 0. The second-order valence-electron chi connectivity index (χ2n) is 1.54. The van der Waals surface area contributed by atoms with Crippen molar-refractivity contribution in [2.45, 2.75) is 0 Å². The first kappa shape index (κ1) is 9.75. The van der Waals surface area contributed by atoms with Gasteiger partial charge in [-0.2, -0.15) is 0 Å². The second-order valence-corrected chi connectivity index (χ2v) is 1.54. The molecule has 0 aromatic heterocycles. The molecule has 0 atom stereocenters. The molecule has 0 aliphatic carbocycles. The number of hydrogen-bond acceptors (Lipinski definition) is 0. The molecule has 60 valence electrons. The normalized spacial score (nSPS) is 8.27. The minimum Gasteiger partial charge on any atom is -0.204 e. The van der Waals surface area contributed by atoms with Crippen molar-refractivity contribution in [1.29, 1.82) is 0 Å². The van der Waals surface area contributed by atoms with Crippen LogP contribution in [-0.2, 0) is 0 Å². The van der Waals surface area contributed by atoms with Crippen LogP contribution < -0.4 is 0 Å². The Balaban J connectivity index is 0.000000461. The SMILES string of the molecule is C=C.Fc1cccc(F)c1F. The third-order valence-electron chi connectivity index (χ3n) is 0.904. The summed E-state index contributed by atoms with van der Waals surface area (Å²) < 4.78 is 35.9. The van der Waals surface area contributed by atoms with E-state index in [9.17, 15) is 13.2 Å².